The first-order valence-electron chi connectivity index (χ1n) is 10.2. The Morgan fingerprint density at radius 1 is 1.15 bits per heavy atom. The van der Waals surface area contributed by atoms with Crippen LogP contribution in [0.2, 0.25) is 0 Å². The molecule has 5 nitrogen and oxygen atoms in total. The Labute approximate surface area is 183 Å². The van der Waals surface area contributed by atoms with Crippen molar-refractivity contribution in [2.75, 3.05) is 57.8 Å². The maximum absolute atomic E-state index is 4.82. The predicted octanol–water partition coefficient (Wildman–Crippen LogP) is 3.42. The molecule has 0 amide bonds. The lowest BCUT2D eigenvalue weighted by molar-refractivity contribution is 0.223. The highest BCUT2D eigenvalue weighted by atomic mass is 127. The van der Waals surface area contributed by atoms with Gasteiger partial charge in [-0.1, -0.05) is 18.2 Å². The molecule has 1 saturated heterocycles. The van der Waals surface area contributed by atoms with Gasteiger partial charge in [0, 0.05) is 38.4 Å². The number of aliphatic imine (C=N–C) groups is 1. The molecule has 1 aliphatic rings. The number of hydrogen-bond donors (Lipinski definition) is 2. The number of piperidine rings is 1. The third-order valence-corrected chi connectivity index (χ3v) is 5.09. The fourth-order valence-electron chi connectivity index (χ4n) is 3.39. The molecule has 0 aromatic heterocycles. The van der Waals surface area contributed by atoms with Crippen LogP contribution in [-0.2, 0) is 0 Å². The first-order valence-corrected chi connectivity index (χ1v) is 10.2. The van der Waals surface area contributed by atoms with Crippen molar-refractivity contribution in [2.24, 2.45) is 10.9 Å². The molecule has 0 saturated carbocycles. The molecule has 0 bridgehead atoms. The summed E-state index contributed by atoms with van der Waals surface area (Å²) in [5.74, 6) is 1.70. The number of rotatable bonds is 9. The second kappa shape index (κ2) is 14.0. The highest BCUT2D eigenvalue weighted by molar-refractivity contribution is 14.0. The number of para-hydroxylation sites is 1. The van der Waals surface area contributed by atoms with Crippen molar-refractivity contribution in [3.8, 4) is 0 Å². The first kappa shape index (κ1) is 24.0. The Kier molecular flexibility index (Phi) is 12.5. The molecule has 154 valence electrons. The monoisotopic (exact) mass is 487 g/mol. The van der Waals surface area contributed by atoms with Crippen LogP contribution in [0, 0.1) is 5.92 Å². The number of nitrogens with zero attached hydrogens (tertiary/aromatic N) is 3. The van der Waals surface area contributed by atoms with Gasteiger partial charge in [0.1, 0.15) is 0 Å². The van der Waals surface area contributed by atoms with Gasteiger partial charge >= 0.3 is 0 Å². The van der Waals surface area contributed by atoms with Crippen LogP contribution in [0.5, 0.6) is 0 Å². The zero-order chi connectivity index (χ0) is 18.6. The summed E-state index contributed by atoms with van der Waals surface area (Å²) in [6, 6.07) is 10.7. The minimum atomic E-state index is 0. The molecule has 0 radical (unpaired) electrons. The SMILES string of the molecule is CCNC(=NCC1CCN(C)CC1)NCCCN(CC)c1ccccc1.I. The van der Waals surface area contributed by atoms with E-state index in [1.807, 2.05) is 0 Å². The van der Waals surface area contributed by atoms with Gasteiger partial charge in [-0.15, -0.1) is 24.0 Å². The van der Waals surface area contributed by atoms with E-state index in [9.17, 15) is 0 Å². The summed E-state index contributed by atoms with van der Waals surface area (Å²) in [6.07, 6.45) is 3.63. The van der Waals surface area contributed by atoms with E-state index in [0.29, 0.717) is 0 Å². The third kappa shape index (κ3) is 9.14. The molecule has 1 aromatic rings. The standard InChI is InChI=1S/C21H37N5.HI/c1-4-22-21(24-18-19-12-16-25(3)17-13-19)23-14-9-15-26(5-2)20-10-7-6-8-11-20;/h6-8,10-11,19H,4-5,9,12-18H2,1-3H3,(H2,22,23,24);1H. The molecule has 1 aliphatic heterocycles. The molecule has 1 heterocycles. The van der Waals surface area contributed by atoms with E-state index in [1.54, 1.807) is 0 Å². The zero-order valence-electron chi connectivity index (χ0n) is 17.3. The van der Waals surface area contributed by atoms with E-state index in [4.69, 9.17) is 4.99 Å². The number of benzene rings is 1. The molecule has 0 spiro atoms. The molecular weight excluding hydrogens is 449 g/mol. The summed E-state index contributed by atoms with van der Waals surface area (Å²) in [6.45, 7) is 11.6. The van der Waals surface area contributed by atoms with Crippen molar-refractivity contribution >= 4 is 35.6 Å². The molecule has 2 N–H and O–H groups in total. The van der Waals surface area contributed by atoms with E-state index >= 15 is 0 Å². The van der Waals surface area contributed by atoms with Gasteiger partial charge in [0.15, 0.2) is 5.96 Å². The smallest absolute Gasteiger partial charge is 0.191 e. The Bertz CT molecular complexity index is 515. The fraction of sp³-hybridized carbons (Fsp3) is 0.667. The number of likely N-dealkylation sites (tertiary alicyclic amines) is 1. The molecule has 6 heteroatoms. The van der Waals surface area contributed by atoms with Gasteiger partial charge in [0.25, 0.3) is 0 Å². The highest BCUT2D eigenvalue weighted by Crippen LogP contribution is 2.16. The van der Waals surface area contributed by atoms with Crippen LogP contribution < -0.4 is 15.5 Å². The van der Waals surface area contributed by atoms with Gasteiger partial charge in [-0.25, -0.2) is 0 Å². The van der Waals surface area contributed by atoms with Crippen molar-refractivity contribution in [3.05, 3.63) is 30.3 Å². The molecule has 1 aromatic carbocycles. The number of nitrogens with one attached hydrogen (secondary N) is 2. The quantitative estimate of drug-likeness (QED) is 0.243. The van der Waals surface area contributed by atoms with Crippen molar-refractivity contribution in [3.63, 3.8) is 0 Å². The Morgan fingerprint density at radius 2 is 1.85 bits per heavy atom. The molecule has 27 heavy (non-hydrogen) atoms. The van der Waals surface area contributed by atoms with Gasteiger partial charge < -0.3 is 20.4 Å². The second-order valence-corrected chi connectivity index (χ2v) is 7.16. The van der Waals surface area contributed by atoms with Crippen LogP contribution in [0.25, 0.3) is 0 Å². The average Bonchev–Trinajstić information content (AvgIpc) is 2.68. The zero-order valence-corrected chi connectivity index (χ0v) is 19.6. The summed E-state index contributed by atoms with van der Waals surface area (Å²) in [4.78, 5) is 9.65. The van der Waals surface area contributed by atoms with Crippen LogP contribution in [0.3, 0.4) is 0 Å². The Hall–Kier alpha value is -1.02. The second-order valence-electron chi connectivity index (χ2n) is 7.16. The minimum absolute atomic E-state index is 0. The van der Waals surface area contributed by atoms with E-state index in [0.717, 1.165) is 51.0 Å². The lowest BCUT2D eigenvalue weighted by atomic mass is 9.97. The predicted molar refractivity (Wildman–Crippen MR) is 129 cm³/mol. The lowest BCUT2D eigenvalue weighted by Crippen LogP contribution is -2.39. The van der Waals surface area contributed by atoms with Crippen molar-refractivity contribution < 1.29 is 0 Å². The summed E-state index contributed by atoms with van der Waals surface area (Å²) < 4.78 is 0. The van der Waals surface area contributed by atoms with E-state index in [-0.39, 0.29) is 24.0 Å². The maximum atomic E-state index is 4.82. The van der Waals surface area contributed by atoms with Gasteiger partial charge in [0.2, 0.25) is 0 Å². The summed E-state index contributed by atoms with van der Waals surface area (Å²) in [5.41, 5.74) is 1.30. The lowest BCUT2D eigenvalue weighted by Gasteiger charge is -2.28. The molecule has 2 rings (SSSR count). The topological polar surface area (TPSA) is 42.9 Å². The van der Waals surface area contributed by atoms with Crippen LogP contribution in [0.4, 0.5) is 5.69 Å². The summed E-state index contributed by atoms with van der Waals surface area (Å²) in [5, 5.41) is 6.88. The largest absolute Gasteiger partial charge is 0.372 e. The van der Waals surface area contributed by atoms with Gasteiger partial charge in [-0.05, 0) is 71.3 Å². The summed E-state index contributed by atoms with van der Waals surface area (Å²) >= 11 is 0. The van der Waals surface area contributed by atoms with Crippen LogP contribution in [0.1, 0.15) is 33.1 Å². The average molecular weight is 487 g/mol. The minimum Gasteiger partial charge on any atom is -0.372 e. The van der Waals surface area contributed by atoms with Crippen LogP contribution in [-0.4, -0.2) is 63.7 Å². The third-order valence-electron chi connectivity index (χ3n) is 5.09. The number of anilines is 1. The van der Waals surface area contributed by atoms with E-state index < -0.39 is 0 Å². The van der Waals surface area contributed by atoms with Gasteiger partial charge in [0.05, 0.1) is 0 Å². The van der Waals surface area contributed by atoms with Crippen molar-refractivity contribution in [2.45, 2.75) is 33.1 Å². The first-order chi connectivity index (χ1) is 12.7. The molecular formula is C21H38IN5. The van der Waals surface area contributed by atoms with Crippen LogP contribution >= 0.6 is 24.0 Å². The number of guanidine groups is 1. The molecule has 0 aliphatic carbocycles. The molecule has 0 atom stereocenters. The van der Waals surface area contributed by atoms with Gasteiger partial charge in [-0.3, -0.25) is 4.99 Å². The number of hydrogen-bond acceptors (Lipinski definition) is 3. The molecule has 0 unspecified atom stereocenters. The normalized spacial score (nSPS) is 15.9. The van der Waals surface area contributed by atoms with E-state index in [1.165, 1.54) is 31.6 Å². The van der Waals surface area contributed by atoms with Crippen molar-refractivity contribution in [1.29, 1.82) is 0 Å². The van der Waals surface area contributed by atoms with Gasteiger partial charge in [-0.2, -0.15) is 0 Å². The maximum Gasteiger partial charge on any atom is 0.191 e. The molecule has 1 fully saturated rings. The van der Waals surface area contributed by atoms with E-state index in [2.05, 4.69) is 71.7 Å². The highest BCUT2D eigenvalue weighted by Gasteiger charge is 2.16. The Morgan fingerprint density at radius 3 is 2.48 bits per heavy atom. The van der Waals surface area contributed by atoms with Crippen LogP contribution in [0.15, 0.2) is 35.3 Å². The number of halogens is 1. The fourth-order valence-corrected chi connectivity index (χ4v) is 3.39. The summed E-state index contributed by atoms with van der Waals surface area (Å²) in [7, 11) is 2.21. The Balaban J connectivity index is 0.00000364. The van der Waals surface area contributed by atoms with Crippen molar-refractivity contribution in [1.82, 2.24) is 15.5 Å².